The van der Waals surface area contributed by atoms with Crippen molar-refractivity contribution >= 4 is 11.6 Å². The van der Waals surface area contributed by atoms with Crippen molar-refractivity contribution in [3.8, 4) is 5.75 Å². The molecule has 1 amide bonds. The van der Waals surface area contributed by atoms with Crippen LogP contribution in [0.15, 0.2) is 24.3 Å². The highest BCUT2D eigenvalue weighted by molar-refractivity contribution is 5.91. The van der Waals surface area contributed by atoms with Gasteiger partial charge in [-0.1, -0.05) is 0 Å². The molecule has 0 spiro atoms. The maximum absolute atomic E-state index is 11.8. The fourth-order valence-corrected chi connectivity index (χ4v) is 1.97. The number of benzene rings is 1. The first-order valence-electron chi connectivity index (χ1n) is 6.63. The lowest BCUT2D eigenvalue weighted by atomic mass is 10.2. The van der Waals surface area contributed by atoms with Gasteiger partial charge in [0.15, 0.2) is 0 Å². The van der Waals surface area contributed by atoms with Crippen molar-refractivity contribution in [1.29, 1.82) is 0 Å². The van der Waals surface area contributed by atoms with Crippen LogP contribution in [0.25, 0.3) is 0 Å². The van der Waals surface area contributed by atoms with Gasteiger partial charge in [-0.3, -0.25) is 4.79 Å². The van der Waals surface area contributed by atoms with Crippen LogP contribution in [-0.2, 0) is 9.53 Å². The summed E-state index contributed by atoms with van der Waals surface area (Å²) in [7, 11) is 0. The molecule has 2 rings (SSSR count). The molecule has 1 aliphatic heterocycles. The molecule has 19 heavy (non-hydrogen) atoms. The minimum absolute atomic E-state index is 0.0298. The van der Waals surface area contributed by atoms with Crippen molar-refractivity contribution in [1.82, 2.24) is 5.32 Å². The van der Waals surface area contributed by atoms with Crippen molar-refractivity contribution < 1.29 is 14.3 Å². The summed E-state index contributed by atoms with van der Waals surface area (Å²) in [4.78, 5) is 11.8. The zero-order chi connectivity index (χ0) is 13.5. The molecule has 0 aromatic heterocycles. The Hall–Kier alpha value is -1.59. The van der Waals surface area contributed by atoms with E-state index in [9.17, 15) is 4.79 Å². The van der Waals surface area contributed by atoms with Crippen LogP contribution in [0.3, 0.4) is 0 Å². The molecule has 1 heterocycles. The normalized spacial score (nSPS) is 18.9. The molecular weight excluding hydrogens is 244 g/mol. The molecule has 2 N–H and O–H groups in total. The Morgan fingerprint density at radius 3 is 2.89 bits per heavy atom. The Morgan fingerprint density at radius 2 is 2.26 bits per heavy atom. The lowest BCUT2D eigenvalue weighted by Crippen LogP contribution is -2.40. The van der Waals surface area contributed by atoms with Gasteiger partial charge >= 0.3 is 0 Å². The summed E-state index contributed by atoms with van der Waals surface area (Å²) in [6.07, 6.45) is 0.344. The summed E-state index contributed by atoms with van der Waals surface area (Å²) >= 11 is 0. The van der Waals surface area contributed by atoms with Gasteiger partial charge in [-0.15, -0.1) is 0 Å². The molecule has 1 fully saturated rings. The summed E-state index contributed by atoms with van der Waals surface area (Å²) in [5.74, 6) is 0.776. The van der Waals surface area contributed by atoms with Crippen LogP contribution >= 0.6 is 0 Å². The van der Waals surface area contributed by atoms with Crippen LogP contribution in [0.1, 0.15) is 13.3 Å². The lowest BCUT2D eigenvalue weighted by Gasteiger charge is -2.23. The van der Waals surface area contributed by atoms with Crippen molar-refractivity contribution in [2.75, 3.05) is 31.6 Å². The molecule has 1 aliphatic rings. The van der Waals surface area contributed by atoms with Gasteiger partial charge in [0.05, 0.1) is 25.7 Å². The number of amides is 1. The molecule has 0 radical (unpaired) electrons. The summed E-state index contributed by atoms with van der Waals surface area (Å²) in [5.41, 5.74) is 0.775. The molecule has 0 bridgehead atoms. The molecule has 1 atom stereocenters. The number of rotatable bonds is 5. The molecule has 1 aromatic rings. The van der Waals surface area contributed by atoms with Crippen LogP contribution in [0.2, 0.25) is 0 Å². The van der Waals surface area contributed by atoms with E-state index in [1.165, 1.54) is 0 Å². The molecule has 1 unspecified atom stereocenters. The standard InChI is InChI=1S/C14H20N2O3/c1-2-18-12-5-3-11(4-6-12)16-14(17)9-13-10-15-7-8-19-13/h3-6,13,15H,2,7-10H2,1H3,(H,16,17). The Kier molecular flexibility index (Phi) is 5.18. The third-order valence-electron chi connectivity index (χ3n) is 2.87. The lowest BCUT2D eigenvalue weighted by molar-refractivity contribution is -0.119. The molecule has 5 heteroatoms. The first kappa shape index (κ1) is 13.8. The quantitative estimate of drug-likeness (QED) is 0.844. The van der Waals surface area contributed by atoms with Crippen LogP contribution < -0.4 is 15.4 Å². The SMILES string of the molecule is CCOc1ccc(NC(=O)CC2CNCCO2)cc1. The molecule has 104 valence electrons. The Balaban J connectivity index is 1.80. The van der Waals surface area contributed by atoms with Crippen molar-refractivity contribution in [2.24, 2.45) is 0 Å². The number of anilines is 1. The van der Waals surface area contributed by atoms with Crippen molar-refractivity contribution in [3.05, 3.63) is 24.3 Å². The minimum atomic E-state index is -0.0311. The highest BCUT2D eigenvalue weighted by Gasteiger charge is 2.17. The van der Waals surface area contributed by atoms with E-state index >= 15 is 0 Å². The number of carbonyl (C=O) groups excluding carboxylic acids is 1. The molecule has 1 saturated heterocycles. The second kappa shape index (κ2) is 7.11. The first-order valence-corrected chi connectivity index (χ1v) is 6.63. The average Bonchev–Trinajstić information content (AvgIpc) is 2.42. The third kappa shape index (κ3) is 4.54. The number of hydrogen-bond donors (Lipinski definition) is 2. The van der Waals surface area contributed by atoms with Gasteiger partial charge in [0.25, 0.3) is 0 Å². The van der Waals surface area contributed by atoms with Crippen LogP contribution in [0.4, 0.5) is 5.69 Å². The topological polar surface area (TPSA) is 59.6 Å². The summed E-state index contributed by atoms with van der Waals surface area (Å²) in [6, 6.07) is 7.36. The van der Waals surface area contributed by atoms with E-state index in [-0.39, 0.29) is 12.0 Å². The van der Waals surface area contributed by atoms with E-state index in [1.807, 2.05) is 31.2 Å². The van der Waals surface area contributed by atoms with Gasteiger partial charge in [-0.05, 0) is 31.2 Å². The van der Waals surface area contributed by atoms with Crippen LogP contribution in [0.5, 0.6) is 5.75 Å². The maximum atomic E-state index is 11.8. The van der Waals surface area contributed by atoms with Gasteiger partial charge in [-0.25, -0.2) is 0 Å². The largest absolute Gasteiger partial charge is 0.494 e. The first-order chi connectivity index (χ1) is 9.28. The minimum Gasteiger partial charge on any atom is -0.494 e. The number of nitrogens with one attached hydrogen (secondary N) is 2. The smallest absolute Gasteiger partial charge is 0.227 e. The third-order valence-corrected chi connectivity index (χ3v) is 2.87. The molecule has 0 saturated carbocycles. The second-order valence-corrected chi connectivity index (χ2v) is 4.41. The van der Waals surface area contributed by atoms with E-state index in [1.54, 1.807) is 0 Å². The Labute approximate surface area is 113 Å². The van der Waals surface area contributed by atoms with Gasteiger partial charge in [0, 0.05) is 18.8 Å². The van der Waals surface area contributed by atoms with Crippen molar-refractivity contribution in [3.63, 3.8) is 0 Å². The number of carbonyl (C=O) groups is 1. The predicted molar refractivity (Wildman–Crippen MR) is 73.5 cm³/mol. The van der Waals surface area contributed by atoms with E-state index < -0.39 is 0 Å². The van der Waals surface area contributed by atoms with Gasteiger partial charge in [0.2, 0.25) is 5.91 Å². The highest BCUT2D eigenvalue weighted by Crippen LogP contribution is 2.16. The van der Waals surface area contributed by atoms with Crippen molar-refractivity contribution in [2.45, 2.75) is 19.4 Å². The van der Waals surface area contributed by atoms with Gasteiger partial charge in [-0.2, -0.15) is 0 Å². The summed E-state index contributed by atoms with van der Waals surface area (Å²) < 4.78 is 10.8. The van der Waals surface area contributed by atoms with E-state index in [0.717, 1.165) is 24.5 Å². The fraction of sp³-hybridized carbons (Fsp3) is 0.500. The zero-order valence-corrected chi connectivity index (χ0v) is 11.1. The average molecular weight is 264 g/mol. The monoisotopic (exact) mass is 264 g/mol. The fourth-order valence-electron chi connectivity index (χ4n) is 1.97. The summed E-state index contributed by atoms with van der Waals surface area (Å²) in [5, 5.41) is 6.06. The second-order valence-electron chi connectivity index (χ2n) is 4.41. The van der Waals surface area contributed by atoms with E-state index in [2.05, 4.69) is 10.6 Å². The maximum Gasteiger partial charge on any atom is 0.227 e. The molecule has 1 aromatic carbocycles. The van der Waals surface area contributed by atoms with Gasteiger partial charge in [0.1, 0.15) is 5.75 Å². The number of morpholine rings is 1. The van der Waals surface area contributed by atoms with Crippen LogP contribution in [-0.4, -0.2) is 38.3 Å². The summed E-state index contributed by atoms with van der Waals surface area (Å²) in [6.45, 7) is 4.83. The van der Waals surface area contributed by atoms with Crippen LogP contribution in [0, 0.1) is 0 Å². The Bertz CT molecular complexity index is 400. The van der Waals surface area contributed by atoms with Gasteiger partial charge < -0.3 is 20.1 Å². The predicted octanol–water partition coefficient (Wildman–Crippen LogP) is 1.40. The zero-order valence-electron chi connectivity index (χ0n) is 11.1. The van der Waals surface area contributed by atoms with E-state index in [0.29, 0.717) is 19.6 Å². The number of ether oxygens (including phenoxy) is 2. The molecule has 0 aliphatic carbocycles. The Morgan fingerprint density at radius 1 is 1.47 bits per heavy atom. The molecular formula is C14H20N2O3. The molecule has 5 nitrogen and oxygen atoms in total. The van der Waals surface area contributed by atoms with E-state index in [4.69, 9.17) is 9.47 Å². The highest BCUT2D eigenvalue weighted by atomic mass is 16.5. The number of hydrogen-bond acceptors (Lipinski definition) is 4.